The molecule has 0 aliphatic heterocycles. The molecule has 5 nitrogen and oxygen atoms in total. The molecule has 0 radical (unpaired) electrons. The van der Waals surface area contributed by atoms with E-state index in [1.165, 1.54) is 22.8 Å². The number of fused-ring (bicyclic) bond motifs is 1. The molecule has 0 fully saturated rings. The SMILES string of the molecule is Cn1c(C(=O)O)cc2c(O)cc(O)cc21. The predicted molar refractivity (Wildman–Crippen MR) is 53.2 cm³/mol. The number of aromatic hydroxyl groups is 2. The van der Waals surface area contributed by atoms with Crippen LogP contribution < -0.4 is 0 Å². The van der Waals surface area contributed by atoms with Gasteiger partial charge in [0.05, 0.1) is 5.52 Å². The topological polar surface area (TPSA) is 82.7 Å². The van der Waals surface area contributed by atoms with Crippen LogP contribution >= 0.6 is 0 Å². The molecule has 1 aromatic heterocycles. The Hall–Kier alpha value is -2.17. The summed E-state index contributed by atoms with van der Waals surface area (Å²) < 4.78 is 1.40. The number of aryl methyl sites for hydroxylation is 1. The minimum atomic E-state index is -1.08. The highest BCUT2D eigenvalue weighted by Crippen LogP contribution is 2.31. The Morgan fingerprint density at radius 2 is 1.93 bits per heavy atom. The molecule has 0 unspecified atom stereocenters. The zero-order valence-corrected chi connectivity index (χ0v) is 7.93. The lowest BCUT2D eigenvalue weighted by Gasteiger charge is -2.00. The lowest BCUT2D eigenvalue weighted by molar-refractivity contribution is 0.0687. The van der Waals surface area contributed by atoms with Crippen molar-refractivity contribution < 1.29 is 20.1 Å². The van der Waals surface area contributed by atoms with Crippen LogP contribution in [0.5, 0.6) is 11.5 Å². The third-order valence-electron chi connectivity index (χ3n) is 2.34. The molecule has 0 saturated carbocycles. The normalized spacial score (nSPS) is 10.7. The fraction of sp³-hybridized carbons (Fsp3) is 0.100. The van der Waals surface area contributed by atoms with Gasteiger partial charge in [0.25, 0.3) is 0 Å². The van der Waals surface area contributed by atoms with Crippen LogP contribution in [0.25, 0.3) is 10.9 Å². The molecule has 5 heteroatoms. The van der Waals surface area contributed by atoms with Gasteiger partial charge in [-0.3, -0.25) is 0 Å². The monoisotopic (exact) mass is 207 g/mol. The predicted octanol–water partition coefficient (Wildman–Crippen LogP) is 1.29. The number of phenolic OH excluding ortho intramolecular Hbond substituents is 2. The second-order valence-corrected chi connectivity index (χ2v) is 3.29. The van der Waals surface area contributed by atoms with Crippen molar-refractivity contribution in [3.63, 3.8) is 0 Å². The molecule has 0 aliphatic carbocycles. The van der Waals surface area contributed by atoms with Gasteiger partial charge in [-0.05, 0) is 6.07 Å². The van der Waals surface area contributed by atoms with Gasteiger partial charge in [0.15, 0.2) is 0 Å². The van der Waals surface area contributed by atoms with E-state index in [2.05, 4.69) is 0 Å². The fourth-order valence-corrected chi connectivity index (χ4v) is 1.60. The van der Waals surface area contributed by atoms with Gasteiger partial charge >= 0.3 is 5.97 Å². The van der Waals surface area contributed by atoms with Crippen molar-refractivity contribution in [1.82, 2.24) is 4.57 Å². The largest absolute Gasteiger partial charge is 0.508 e. The van der Waals surface area contributed by atoms with E-state index < -0.39 is 5.97 Å². The fourth-order valence-electron chi connectivity index (χ4n) is 1.60. The van der Waals surface area contributed by atoms with Crippen molar-refractivity contribution in [3.8, 4) is 11.5 Å². The summed E-state index contributed by atoms with van der Waals surface area (Å²) in [5.74, 6) is -1.31. The highest BCUT2D eigenvalue weighted by Gasteiger charge is 2.14. The van der Waals surface area contributed by atoms with Crippen molar-refractivity contribution in [1.29, 1.82) is 0 Å². The van der Waals surface area contributed by atoms with Gasteiger partial charge in [-0.2, -0.15) is 0 Å². The lowest BCUT2D eigenvalue weighted by Crippen LogP contribution is -2.03. The van der Waals surface area contributed by atoms with Crippen LogP contribution in [0.4, 0.5) is 0 Å². The van der Waals surface area contributed by atoms with E-state index in [1.807, 2.05) is 0 Å². The second kappa shape index (κ2) is 2.91. The maximum atomic E-state index is 10.8. The number of carboxylic acids is 1. The van der Waals surface area contributed by atoms with Gasteiger partial charge in [-0.1, -0.05) is 0 Å². The summed E-state index contributed by atoms with van der Waals surface area (Å²) in [6.07, 6.45) is 0. The summed E-state index contributed by atoms with van der Waals surface area (Å²) in [6, 6.07) is 3.95. The van der Waals surface area contributed by atoms with Gasteiger partial charge < -0.3 is 19.9 Å². The summed E-state index contributed by atoms with van der Waals surface area (Å²) >= 11 is 0. The summed E-state index contributed by atoms with van der Waals surface area (Å²) in [5.41, 5.74) is 0.538. The Kier molecular flexibility index (Phi) is 1.82. The molecule has 0 bridgehead atoms. The average molecular weight is 207 g/mol. The van der Waals surface area contributed by atoms with Crippen LogP contribution in [-0.4, -0.2) is 25.9 Å². The first-order valence-electron chi connectivity index (χ1n) is 4.25. The van der Waals surface area contributed by atoms with Crippen LogP contribution in [-0.2, 0) is 7.05 Å². The number of hydrogen-bond acceptors (Lipinski definition) is 3. The van der Waals surface area contributed by atoms with Crippen LogP contribution in [0.3, 0.4) is 0 Å². The molecule has 0 aliphatic rings. The number of aromatic nitrogens is 1. The molecular formula is C10H9NO4. The second-order valence-electron chi connectivity index (χ2n) is 3.29. The molecule has 1 aromatic carbocycles. The molecule has 0 saturated heterocycles. The van der Waals surface area contributed by atoms with Gasteiger partial charge in [-0.15, -0.1) is 0 Å². The van der Waals surface area contributed by atoms with Gasteiger partial charge in [-0.25, -0.2) is 4.79 Å². The number of carbonyl (C=O) groups is 1. The number of hydrogen-bond donors (Lipinski definition) is 3. The number of nitrogens with zero attached hydrogens (tertiary/aromatic N) is 1. The highest BCUT2D eigenvalue weighted by atomic mass is 16.4. The molecular weight excluding hydrogens is 198 g/mol. The Bertz CT molecular complexity index is 556. The van der Waals surface area contributed by atoms with Crippen molar-refractivity contribution in [3.05, 3.63) is 23.9 Å². The molecule has 0 spiro atoms. The number of phenols is 2. The molecule has 0 amide bonds. The Morgan fingerprint density at radius 3 is 2.53 bits per heavy atom. The first-order chi connectivity index (χ1) is 7.00. The smallest absolute Gasteiger partial charge is 0.352 e. The summed E-state index contributed by atoms with van der Waals surface area (Å²) in [7, 11) is 1.56. The molecule has 15 heavy (non-hydrogen) atoms. The van der Waals surface area contributed by atoms with E-state index in [9.17, 15) is 15.0 Å². The number of rotatable bonds is 1. The van der Waals surface area contributed by atoms with Gasteiger partial charge in [0.2, 0.25) is 0 Å². The van der Waals surface area contributed by atoms with E-state index in [-0.39, 0.29) is 17.2 Å². The summed E-state index contributed by atoms with van der Waals surface area (Å²) in [4.78, 5) is 10.8. The lowest BCUT2D eigenvalue weighted by atomic mass is 10.2. The number of aromatic carboxylic acids is 1. The van der Waals surface area contributed by atoms with Gasteiger partial charge in [0.1, 0.15) is 17.2 Å². The molecule has 1 heterocycles. The third kappa shape index (κ3) is 1.28. The van der Waals surface area contributed by atoms with Crippen LogP contribution in [0.15, 0.2) is 18.2 Å². The van der Waals surface area contributed by atoms with E-state index in [0.29, 0.717) is 10.9 Å². The van der Waals surface area contributed by atoms with E-state index in [1.54, 1.807) is 7.05 Å². The van der Waals surface area contributed by atoms with E-state index in [4.69, 9.17) is 5.11 Å². The highest BCUT2D eigenvalue weighted by molar-refractivity contribution is 5.97. The van der Waals surface area contributed by atoms with Crippen LogP contribution in [0.1, 0.15) is 10.5 Å². The van der Waals surface area contributed by atoms with Crippen molar-refractivity contribution in [2.75, 3.05) is 0 Å². The Labute approximate surface area is 84.8 Å². The first-order valence-corrected chi connectivity index (χ1v) is 4.25. The van der Waals surface area contributed by atoms with Crippen molar-refractivity contribution >= 4 is 16.9 Å². The molecule has 3 N–H and O–H groups in total. The summed E-state index contributed by atoms with van der Waals surface area (Å²) in [6.45, 7) is 0. The zero-order valence-electron chi connectivity index (χ0n) is 7.93. The van der Waals surface area contributed by atoms with Crippen molar-refractivity contribution in [2.24, 2.45) is 7.05 Å². The maximum absolute atomic E-state index is 10.8. The van der Waals surface area contributed by atoms with Crippen molar-refractivity contribution in [2.45, 2.75) is 0 Å². The minimum absolute atomic E-state index is 0.0610. The Morgan fingerprint density at radius 1 is 1.27 bits per heavy atom. The third-order valence-corrected chi connectivity index (χ3v) is 2.34. The minimum Gasteiger partial charge on any atom is -0.508 e. The molecule has 0 atom stereocenters. The summed E-state index contributed by atoms with van der Waals surface area (Å²) in [5, 5.41) is 28.0. The standard InChI is InChI=1S/C10H9NO4/c1-11-7-2-5(12)3-9(13)6(7)4-8(11)10(14)15/h2-4,12-13H,1H3,(H,14,15). The zero-order chi connectivity index (χ0) is 11.2. The van der Waals surface area contributed by atoms with Crippen LogP contribution in [0.2, 0.25) is 0 Å². The Balaban J connectivity index is 2.88. The quantitative estimate of drug-likeness (QED) is 0.658. The van der Waals surface area contributed by atoms with Crippen LogP contribution in [0, 0.1) is 0 Å². The average Bonchev–Trinajstić information content (AvgIpc) is 2.44. The first kappa shape index (κ1) is 9.39. The molecule has 2 aromatic rings. The molecule has 2 rings (SSSR count). The van der Waals surface area contributed by atoms with E-state index in [0.717, 1.165) is 0 Å². The number of benzene rings is 1. The maximum Gasteiger partial charge on any atom is 0.352 e. The molecule has 78 valence electrons. The van der Waals surface area contributed by atoms with E-state index >= 15 is 0 Å². The number of carboxylic acid groups (broad SMARTS) is 1. The van der Waals surface area contributed by atoms with Gasteiger partial charge in [0, 0.05) is 24.6 Å².